The molecular formula is C24H27FN2O3. The predicted molar refractivity (Wildman–Crippen MR) is 114 cm³/mol. The Bertz CT molecular complexity index is 924. The molecule has 0 saturated heterocycles. The minimum Gasteiger partial charge on any atom is -0.482 e. The number of halogens is 1. The highest BCUT2D eigenvalue weighted by molar-refractivity contribution is 5.99. The molecule has 5 nitrogen and oxygen atoms in total. The molecule has 0 bridgehead atoms. The molecule has 2 aromatic carbocycles. The summed E-state index contributed by atoms with van der Waals surface area (Å²) in [5.74, 6) is 0.572. The normalized spacial score (nSPS) is 16.7. The van der Waals surface area contributed by atoms with Gasteiger partial charge < -0.3 is 15.0 Å². The van der Waals surface area contributed by atoms with Gasteiger partial charge >= 0.3 is 0 Å². The fourth-order valence-electron chi connectivity index (χ4n) is 4.28. The lowest BCUT2D eigenvalue weighted by molar-refractivity contribution is -0.121. The van der Waals surface area contributed by atoms with Crippen molar-refractivity contribution in [2.24, 2.45) is 5.92 Å². The molecular weight excluding hydrogens is 383 g/mol. The molecule has 2 aliphatic rings. The van der Waals surface area contributed by atoms with Crippen LogP contribution < -0.4 is 15.0 Å². The third-order valence-electron chi connectivity index (χ3n) is 5.98. The van der Waals surface area contributed by atoms with Crippen LogP contribution in [-0.4, -0.2) is 18.4 Å². The highest BCUT2D eigenvalue weighted by Gasteiger charge is 2.27. The monoisotopic (exact) mass is 410 g/mol. The van der Waals surface area contributed by atoms with Gasteiger partial charge in [-0.3, -0.25) is 9.59 Å². The van der Waals surface area contributed by atoms with E-state index in [0.717, 1.165) is 6.42 Å². The third-order valence-corrected chi connectivity index (χ3v) is 5.98. The highest BCUT2D eigenvalue weighted by Crippen LogP contribution is 2.36. The van der Waals surface area contributed by atoms with Crippen molar-refractivity contribution in [3.05, 3.63) is 53.8 Å². The number of hydrogen-bond acceptors (Lipinski definition) is 3. The molecule has 1 N–H and O–H groups in total. The molecule has 1 fully saturated rings. The van der Waals surface area contributed by atoms with Crippen LogP contribution >= 0.6 is 0 Å². The van der Waals surface area contributed by atoms with Crippen LogP contribution in [0.1, 0.15) is 50.5 Å². The van der Waals surface area contributed by atoms with Crippen LogP contribution in [0.4, 0.5) is 15.8 Å². The van der Waals surface area contributed by atoms with E-state index >= 15 is 0 Å². The first-order valence-corrected chi connectivity index (χ1v) is 10.7. The van der Waals surface area contributed by atoms with E-state index in [1.165, 1.54) is 43.1 Å². The van der Waals surface area contributed by atoms with Gasteiger partial charge in [0.2, 0.25) is 5.91 Å². The second kappa shape index (κ2) is 9.28. The Morgan fingerprint density at radius 3 is 2.73 bits per heavy atom. The van der Waals surface area contributed by atoms with Crippen LogP contribution in [0.5, 0.6) is 5.75 Å². The second-order valence-electron chi connectivity index (χ2n) is 8.13. The van der Waals surface area contributed by atoms with E-state index in [0.29, 0.717) is 35.0 Å². The molecule has 1 saturated carbocycles. The van der Waals surface area contributed by atoms with E-state index in [4.69, 9.17) is 4.74 Å². The van der Waals surface area contributed by atoms with Crippen LogP contribution in [0, 0.1) is 11.7 Å². The summed E-state index contributed by atoms with van der Waals surface area (Å²) in [5, 5.41) is 2.94. The number of carbonyl (C=O) groups excluding carboxylic acids is 2. The predicted octanol–water partition coefficient (Wildman–Crippen LogP) is 5.05. The van der Waals surface area contributed by atoms with Crippen molar-refractivity contribution in [3.8, 4) is 5.75 Å². The number of ether oxygens (including phenoxy) is 1. The van der Waals surface area contributed by atoms with Crippen molar-refractivity contribution < 1.29 is 18.7 Å². The lowest BCUT2D eigenvalue weighted by Gasteiger charge is -2.30. The van der Waals surface area contributed by atoms with Crippen LogP contribution in [0.2, 0.25) is 0 Å². The van der Waals surface area contributed by atoms with Crippen molar-refractivity contribution in [1.82, 2.24) is 0 Å². The number of carbonyl (C=O) groups is 2. The molecule has 0 radical (unpaired) electrons. The molecule has 4 rings (SSSR count). The number of nitrogens with one attached hydrogen (secondary N) is 1. The summed E-state index contributed by atoms with van der Waals surface area (Å²) < 4.78 is 19.6. The van der Waals surface area contributed by atoms with Gasteiger partial charge in [-0.2, -0.15) is 0 Å². The standard InChI is InChI=1S/C24H27FN2O3/c25-20-9-5-4-8-18(20)15-27-21-14-19(11-12-22(21)30-16-24(27)29)26-23(28)13-10-17-6-2-1-3-7-17/h4-5,8-9,11-12,14,17H,1-3,6-7,10,13,15-16H2,(H,26,28). The van der Waals surface area contributed by atoms with Gasteiger partial charge in [0.05, 0.1) is 12.2 Å². The molecule has 0 aromatic heterocycles. The molecule has 1 aliphatic heterocycles. The first-order chi connectivity index (χ1) is 14.6. The van der Waals surface area contributed by atoms with Gasteiger partial charge in [0.15, 0.2) is 6.61 Å². The van der Waals surface area contributed by atoms with E-state index < -0.39 is 0 Å². The average molecular weight is 410 g/mol. The number of nitrogens with zero attached hydrogens (tertiary/aromatic N) is 1. The van der Waals surface area contributed by atoms with E-state index in [1.807, 2.05) is 0 Å². The molecule has 2 aromatic rings. The number of rotatable bonds is 6. The molecule has 30 heavy (non-hydrogen) atoms. The van der Waals surface area contributed by atoms with Gasteiger partial charge in [0.1, 0.15) is 11.6 Å². The number of fused-ring (bicyclic) bond motifs is 1. The van der Waals surface area contributed by atoms with E-state index in [2.05, 4.69) is 5.32 Å². The Kier molecular flexibility index (Phi) is 6.31. The summed E-state index contributed by atoms with van der Waals surface area (Å²) in [6.07, 6.45) is 7.69. The van der Waals surface area contributed by atoms with Crippen LogP contribution in [0.25, 0.3) is 0 Å². The van der Waals surface area contributed by atoms with E-state index in [9.17, 15) is 14.0 Å². The van der Waals surface area contributed by atoms with E-state index in [1.54, 1.807) is 36.4 Å². The fourth-order valence-corrected chi connectivity index (χ4v) is 4.28. The molecule has 2 amide bonds. The Hall–Kier alpha value is -2.89. The minimum absolute atomic E-state index is 0.0239. The van der Waals surface area contributed by atoms with Crippen LogP contribution in [0.15, 0.2) is 42.5 Å². The largest absolute Gasteiger partial charge is 0.482 e. The Morgan fingerprint density at radius 1 is 1.13 bits per heavy atom. The number of amides is 2. The Labute approximate surface area is 176 Å². The smallest absolute Gasteiger partial charge is 0.265 e. The van der Waals surface area contributed by atoms with Gasteiger partial charge in [0.25, 0.3) is 5.91 Å². The SMILES string of the molecule is O=C(CCC1CCCCC1)Nc1ccc2c(c1)N(Cc1ccccc1F)C(=O)CO2. The number of anilines is 2. The van der Waals surface area contributed by atoms with Gasteiger partial charge in [-0.05, 0) is 36.6 Å². The number of hydrogen-bond donors (Lipinski definition) is 1. The molecule has 1 heterocycles. The zero-order valence-corrected chi connectivity index (χ0v) is 17.0. The molecule has 0 atom stereocenters. The quantitative estimate of drug-likeness (QED) is 0.725. The molecule has 0 unspecified atom stereocenters. The molecule has 0 spiro atoms. The Balaban J connectivity index is 1.45. The summed E-state index contributed by atoms with van der Waals surface area (Å²) in [4.78, 5) is 26.4. The maximum absolute atomic E-state index is 14.1. The van der Waals surface area contributed by atoms with Crippen molar-refractivity contribution in [1.29, 1.82) is 0 Å². The lowest BCUT2D eigenvalue weighted by atomic mass is 9.86. The molecule has 1 aliphatic carbocycles. The maximum Gasteiger partial charge on any atom is 0.265 e. The first-order valence-electron chi connectivity index (χ1n) is 10.7. The minimum atomic E-state index is -0.356. The number of benzene rings is 2. The van der Waals surface area contributed by atoms with Crippen molar-refractivity contribution in [3.63, 3.8) is 0 Å². The summed E-state index contributed by atoms with van der Waals surface area (Å²) in [5.41, 5.74) is 1.58. The average Bonchev–Trinajstić information content (AvgIpc) is 2.76. The van der Waals surface area contributed by atoms with Gasteiger partial charge in [-0.15, -0.1) is 0 Å². The van der Waals surface area contributed by atoms with Gasteiger partial charge in [-0.1, -0.05) is 50.3 Å². The zero-order chi connectivity index (χ0) is 20.9. The summed E-state index contributed by atoms with van der Waals surface area (Å²) in [6.45, 7) is 0.0233. The fraction of sp³-hybridized carbons (Fsp3) is 0.417. The Morgan fingerprint density at radius 2 is 1.93 bits per heavy atom. The molecule has 158 valence electrons. The summed E-state index contributed by atoms with van der Waals surface area (Å²) in [7, 11) is 0. The van der Waals surface area contributed by atoms with Gasteiger partial charge in [-0.25, -0.2) is 4.39 Å². The van der Waals surface area contributed by atoms with Crippen molar-refractivity contribution >= 4 is 23.2 Å². The maximum atomic E-state index is 14.1. The lowest BCUT2D eigenvalue weighted by Crippen LogP contribution is -2.38. The van der Waals surface area contributed by atoms with E-state index in [-0.39, 0.29) is 30.8 Å². The summed E-state index contributed by atoms with van der Waals surface area (Å²) >= 11 is 0. The topological polar surface area (TPSA) is 58.6 Å². The second-order valence-corrected chi connectivity index (χ2v) is 8.13. The van der Waals surface area contributed by atoms with Gasteiger partial charge in [0, 0.05) is 17.7 Å². The summed E-state index contributed by atoms with van der Waals surface area (Å²) in [6, 6.07) is 11.6. The third kappa shape index (κ3) is 4.81. The highest BCUT2D eigenvalue weighted by atomic mass is 19.1. The van der Waals surface area contributed by atoms with Crippen LogP contribution in [-0.2, 0) is 16.1 Å². The van der Waals surface area contributed by atoms with Crippen molar-refractivity contribution in [2.75, 3.05) is 16.8 Å². The first kappa shape index (κ1) is 20.4. The zero-order valence-electron chi connectivity index (χ0n) is 17.0. The van der Waals surface area contributed by atoms with Crippen LogP contribution in [0.3, 0.4) is 0 Å². The molecule has 6 heteroatoms. The van der Waals surface area contributed by atoms with Crippen molar-refractivity contribution in [2.45, 2.75) is 51.5 Å².